The van der Waals surface area contributed by atoms with E-state index in [1.807, 2.05) is 13.8 Å². The van der Waals surface area contributed by atoms with E-state index in [-0.39, 0.29) is 11.4 Å². The Balaban J connectivity index is 2.33. The summed E-state index contributed by atoms with van der Waals surface area (Å²) in [7, 11) is -3.76. The quantitative estimate of drug-likeness (QED) is 0.914. The van der Waals surface area contributed by atoms with Gasteiger partial charge in [-0.15, -0.1) is 0 Å². The molecule has 1 saturated heterocycles. The Hall–Kier alpha value is -1.05. The van der Waals surface area contributed by atoms with Crippen LogP contribution in [0.15, 0.2) is 29.2 Å². The van der Waals surface area contributed by atoms with E-state index in [4.69, 9.17) is 0 Å². The molecule has 1 aliphatic rings. The maximum absolute atomic E-state index is 12.6. The SMILES string of the molecule is CC(C)c1ccc(S(=O)(=O)N2CCSCC2C(=O)O)cc1. The molecule has 21 heavy (non-hydrogen) atoms. The van der Waals surface area contributed by atoms with Crippen LogP contribution in [0.4, 0.5) is 0 Å². The summed E-state index contributed by atoms with van der Waals surface area (Å²) in [5.41, 5.74) is 1.05. The Kier molecular flexibility index (Phi) is 4.95. The first-order valence-corrected chi connectivity index (χ1v) is 9.36. The number of nitrogens with zero attached hydrogens (tertiary/aromatic N) is 1. The van der Waals surface area contributed by atoms with Crippen LogP contribution in [-0.2, 0) is 14.8 Å². The van der Waals surface area contributed by atoms with Crippen molar-refractivity contribution >= 4 is 27.8 Å². The van der Waals surface area contributed by atoms with E-state index in [2.05, 4.69) is 0 Å². The van der Waals surface area contributed by atoms with Crippen molar-refractivity contribution in [1.82, 2.24) is 4.31 Å². The molecule has 1 N–H and O–H groups in total. The third-order valence-electron chi connectivity index (χ3n) is 3.52. The summed E-state index contributed by atoms with van der Waals surface area (Å²) in [6, 6.07) is 5.70. The van der Waals surface area contributed by atoms with Crippen molar-refractivity contribution in [1.29, 1.82) is 0 Å². The number of hydrogen-bond acceptors (Lipinski definition) is 4. The van der Waals surface area contributed by atoms with Crippen LogP contribution in [0.3, 0.4) is 0 Å². The molecular weight excluding hydrogens is 310 g/mol. The monoisotopic (exact) mass is 329 g/mol. The number of benzene rings is 1. The zero-order valence-corrected chi connectivity index (χ0v) is 13.7. The summed E-state index contributed by atoms with van der Waals surface area (Å²) in [6.07, 6.45) is 0. The first kappa shape index (κ1) is 16.3. The molecule has 0 amide bonds. The average molecular weight is 329 g/mol. The van der Waals surface area contributed by atoms with Gasteiger partial charge in [-0.3, -0.25) is 4.79 Å². The number of rotatable bonds is 4. The molecule has 1 atom stereocenters. The number of sulfonamides is 1. The smallest absolute Gasteiger partial charge is 0.322 e. The summed E-state index contributed by atoms with van der Waals surface area (Å²) in [5.74, 6) is 0.135. The van der Waals surface area contributed by atoms with Crippen molar-refractivity contribution < 1.29 is 18.3 Å². The third kappa shape index (κ3) is 3.41. The molecule has 5 nitrogen and oxygen atoms in total. The fraction of sp³-hybridized carbons (Fsp3) is 0.500. The molecule has 1 heterocycles. The van der Waals surface area contributed by atoms with E-state index in [1.165, 1.54) is 11.8 Å². The minimum Gasteiger partial charge on any atom is -0.480 e. The van der Waals surface area contributed by atoms with Gasteiger partial charge in [0.2, 0.25) is 10.0 Å². The van der Waals surface area contributed by atoms with Gasteiger partial charge >= 0.3 is 5.97 Å². The molecule has 0 bridgehead atoms. The van der Waals surface area contributed by atoms with Crippen molar-refractivity contribution in [2.45, 2.75) is 30.7 Å². The predicted molar refractivity (Wildman–Crippen MR) is 83.2 cm³/mol. The fourth-order valence-electron chi connectivity index (χ4n) is 2.23. The second-order valence-corrected chi connectivity index (χ2v) is 8.31. The Morgan fingerprint density at radius 2 is 1.95 bits per heavy atom. The second-order valence-electron chi connectivity index (χ2n) is 5.27. The van der Waals surface area contributed by atoms with E-state index in [9.17, 15) is 18.3 Å². The largest absolute Gasteiger partial charge is 0.480 e. The number of thioether (sulfide) groups is 1. The molecule has 2 rings (SSSR count). The highest BCUT2D eigenvalue weighted by molar-refractivity contribution is 7.99. The molecule has 0 radical (unpaired) electrons. The lowest BCUT2D eigenvalue weighted by atomic mass is 10.0. The van der Waals surface area contributed by atoms with Crippen molar-refractivity contribution in [3.63, 3.8) is 0 Å². The van der Waals surface area contributed by atoms with Gasteiger partial charge in [-0.1, -0.05) is 26.0 Å². The van der Waals surface area contributed by atoms with Gasteiger partial charge in [0.1, 0.15) is 6.04 Å². The van der Waals surface area contributed by atoms with Gasteiger partial charge in [-0.05, 0) is 23.6 Å². The standard InChI is InChI=1S/C14H19NO4S2/c1-10(2)11-3-5-12(6-4-11)21(18,19)15-7-8-20-9-13(15)14(16)17/h3-6,10,13H,7-9H2,1-2H3,(H,16,17). The highest BCUT2D eigenvalue weighted by Crippen LogP contribution is 2.26. The Bertz CT molecular complexity index is 610. The molecule has 1 aromatic carbocycles. The molecule has 0 aromatic heterocycles. The maximum Gasteiger partial charge on any atom is 0.322 e. The van der Waals surface area contributed by atoms with Crippen LogP contribution in [-0.4, -0.2) is 47.9 Å². The minimum absolute atomic E-state index is 0.157. The summed E-state index contributed by atoms with van der Waals surface area (Å²) in [4.78, 5) is 11.4. The van der Waals surface area contributed by atoms with Gasteiger partial charge in [0.25, 0.3) is 0 Å². The molecule has 1 aromatic rings. The van der Waals surface area contributed by atoms with Gasteiger partial charge in [0.05, 0.1) is 4.90 Å². The number of aliphatic carboxylic acids is 1. The Morgan fingerprint density at radius 3 is 2.48 bits per heavy atom. The van der Waals surface area contributed by atoms with E-state index < -0.39 is 22.0 Å². The Morgan fingerprint density at radius 1 is 1.33 bits per heavy atom. The summed E-state index contributed by atoms with van der Waals surface area (Å²) in [5, 5.41) is 9.22. The molecule has 116 valence electrons. The van der Waals surface area contributed by atoms with Crippen LogP contribution in [0, 0.1) is 0 Å². The van der Waals surface area contributed by atoms with Crippen molar-refractivity contribution in [3.8, 4) is 0 Å². The van der Waals surface area contributed by atoms with Crippen LogP contribution in [0.2, 0.25) is 0 Å². The fourth-order valence-corrected chi connectivity index (χ4v) is 5.06. The predicted octanol–water partition coefficient (Wildman–Crippen LogP) is 2.00. The minimum atomic E-state index is -3.76. The van der Waals surface area contributed by atoms with Gasteiger partial charge in [0.15, 0.2) is 0 Å². The molecule has 0 saturated carbocycles. The summed E-state index contributed by atoms with van der Waals surface area (Å²) >= 11 is 1.47. The lowest BCUT2D eigenvalue weighted by molar-refractivity contribution is -0.140. The average Bonchev–Trinajstić information content (AvgIpc) is 2.47. The van der Waals surface area contributed by atoms with E-state index in [0.717, 1.165) is 9.87 Å². The Labute approximate surface area is 129 Å². The van der Waals surface area contributed by atoms with Gasteiger partial charge in [-0.2, -0.15) is 16.1 Å². The molecule has 1 fully saturated rings. The summed E-state index contributed by atoms with van der Waals surface area (Å²) in [6.45, 7) is 4.30. The lowest BCUT2D eigenvalue weighted by Gasteiger charge is -2.31. The normalized spacial score (nSPS) is 20.6. The highest BCUT2D eigenvalue weighted by atomic mass is 32.2. The topological polar surface area (TPSA) is 74.7 Å². The van der Waals surface area contributed by atoms with E-state index >= 15 is 0 Å². The molecule has 1 unspecified atom stereocenters. The molecular formula is C14H19NO4S2. The van der Waals surface area contributed by atoms with Gasteiger partial charge < -0.3 is 5.11 Å². The lowest BCUT2D eigenvalue weighted by Crippen LogP contribution is -2.50. The number of carbonyl (C=O) groups is 1. The second kappa shape index (κ2) is 6.37. The number of carboxylic acids is 1. The zero-order chi connectivity index (χ0) is 15.6. The maximum atomic E-state index is 12.6. The van der Waals surface area contributed by atoms with Crippen molar-refractivity contribution in [2.24, 2.45) is 0 Å². The van der Waals surface area contributed by atoms with Crippen LogP contribution in [0.1, 0.15) is 25.3 Å². The number of hydrogen-bond donors (Lipinski definition) is 1. The van der Waals surface area contributed by atoms with Crippen molar-refractivity contribution in [3.05, 3.63) is 29.8 Å². The molecule has 0 spiro atoms. The summed E-state index contributed by atoms with van der Waals surface area (Å²) < 4.78 is 26.4. The first-order chi connectivity index (χ1) is 9.84. The van der Waals surface area contributed by atoms with E-state index in [0.29, 0.717) is 17.4 Å². The molecule has 1 aliphatic heterocycles. The highest BCUT2D eigenvalue weighted by Gasteiger charge is 2.37. The molecule has 0 aliphatic carbocycles. The zero-order valence-electron chi connectivity index (χ0n) is 12.0. The third-order valence-corrected chi connectivity index (χ3v) is 6.46. The first-order valence-electron chi connectivity index (χ1n) is 6.76. The van der Waals surface area contributed by atoms with Gasteiger partial charge in [0, 0.05) is 18.1 Å². The number of carboxylic acid groups (broad SMARTS) is 1. The van der Waals surface area contributed by atoms with Crippen LogP contribution in [0.5, 0.6) is 0 Å². The van der Waals surface area contributed by atoms with Crippen LogP contribution in [0.25, 0.3) is 0 Å². The van der Waals surface area contributed by atoms with Gasteiger partial charge in [-0.25, -0.2) is 8.42 Å². The van der Waals surface area contributed by atoms with Crippen LogP contribution < -0.4 is 0 Å². The molecule has 7 heteroatoms. The van der Waals surface area contributed by atoms with Crippen molar-refractivity contribution in [2.75, 3.05) is 18.1 Å². The van der Waals surface area contributed by atoms with E-state index in [1.54, 1.807) is 24.3 Å². The van der Waals surface area contributed by atoms with Crippen LogP contribution >= 0.6 is 11.8 Å².